The Labute approximate surface area is 166 Å². The molecule has 2 aromatic rings. The summed E-state index contributed by atoms with van der Waals surface area (Å²) in [7, 11) is 0. The molecule has 1 saturated heterocycles. The van der Waals surface area contributed by atoms with Crippen LogP contribution in [0.1, 0.15) is 23.2 Å². The molecule has 7 heteroatoms. The van der Waals surface area contributed by atoms with E-state index < -0.39 is 22.9 Å². The van der Waals surface area contributed by atoms with Crippen molar-refractivity contribution in [1.29, 1.82) is 21.0 Å². The zero-order valence-electron chi connectivity index (χ0n) is 13.9. The summed E-state index contributed by atoms with van der Waals surface area (Å²) in [5.74, 6) is 0. The van der Waals surface area contributed by atoms with E-state index in [4.69, 9.17) is 23.2 Å². The molecule has 1 aliphatic heterocycles. The van der Waals surface area contributed by atoms with Crippen molar-refractivity contribution in [1.82, 2.24) is 0 Å². The van der Waals surface area contributed by atoms with Crippen molar-refractivity contribution in [2.75, 3.05) is 0 Å². The average molecular weight is 393 g/mol. The number of quaternary nitrogens is 1. The highest BCUT2D eigenvalue weighted by Crippen LogP contribution is 2.57. The largest absolute Gasteiger partial charge is 0.329 e. The van der Waals surface area contributed by atoms with Crippen molar-refractivity contribution in [3.8, 4) is 24.3 Å². The van der Waals surface area contributed by atoms with Crippen molar-refractivity contribution in [2.45, 2.75) is 12.1 Å². The second-order valence-electron chi connectivity index (χ2n) is 6.25. The molecule has 0 unspecified atom stereocenters. The topological polar surface area (TPSA) is 112 Å². The Bertz CT molecular complexity index is 954. The van der Waals surface area contributed by atoms with Gasteiger partial charge in [-0.15, -0.1) is 0 Å². The van der Waals surface area contributed by atoms with Crippen molar-refractivity contribution < 1.29 is 5.32 Å². The van der Waals surface area contributed by atoms with Crippen LogP contribution in [0.15, 0.2) is 48.5 Å². The highest BCUT2D eigenvalue weighted by molar-refractivity contribution is 6.31. The first-order chi connectivity index (χ1) is 13.0. The number of nitrogens with two attached hydrogens (primary N) is 1. The van der Waals surface area contributed by atoms with Crippen LogP contribution in [-0.2, 0) is 0 Å². The van der Waals surface area contributed by atoms with Gasteiger partial charge in [-0.25, -0.2) is 0 Å². The van der Waals surface area contributed by atoms with E-state index >= 15 is 0 Å². The smallest absolute Gasteiger partial charge is 0.236 e. The second kappa shape index (κ2) is 6.92. The van der Waals surface area contributed by atoms with Gasteiger partial charge in [0.25, 0.3) is 0 Å². The number of rotatable bonds is 2. The van der Waals surface area contributed by atoms with Gasteiger partial charge < -0.3 is 5.32 Å². The third kappa shape index (κ3) is 2.46. The summed E-state index contributed by atoms with van der Waals surface area (Å²) in [6, 6.07) is 19.9. The van der Waals surface area contributed by atoms with Gasteiger partial charge in [-0.05, 0) is 12.1 Å². The van der Waals surface area contributed by atoms with Crippen molar-refractivity contribution in [3.05, 3.63) is 69.7 Å². The van der Waals surface area contributed by atoms with Crippen molar-refractivity contribution in [2.24, 2.45) is 10.8 Å². The third-order valence-electron chi connectivity index (χ3n) is 5.13. The van der Waals surface area contributed by atoms with Crippen LogP contribution in [0.4, 0.5) is 0 Å². The number of halogens is 2. The van der Waals surface area contributed by atoms with E-state index in [2.05, 4.69) is 0 Å². The molecule has 2 atom stereocenters. The molecule has 5 nitrogen and oxygen atoms in total. The van der Waals surface area contributed by atoms with E-state index in [0.29, 0.717) is 21.2 Å². The van der Waals surface area contributed by atoms with Crippen LogP contribution in [0, 0.1) is 56.2 Å². The fraction of sp³-hybridized carbons (Fsp3) is 0.200. The van der Waals surface area contributed by atoms with Crippen LogP contribution in [0.3, 0.4) is 0 Å². The van der Waals surface area contributed by atoms with Crippen LogP contribution in [0.2, 0.25) is 10.0 Å². The molecule has 0 aromatic heterocycles. The molecule has 1 heterocycles. The highest BCUT2D eigenvalue weighted by atomic mass is 35.5. The minimum atomic E-state index is -1.94. The predicted molar refractivity (Wildman–Crippen MR) is 97.6 cm³/mol. The summed E-state index contributed by atoms with van der Waals surface area (Å²) in [5, 5.41) is 42.4. The van der Waals surface area contributed by atoms with Gasteiger partial charge in [0.1, 0.15) is 12.1 Å². The summed E-state index contributed by atoms with van der Waals surface area (Å²) >= 11 is 12.6. The van der Waals surface area contributed by atoms with E-state index in [1.54, 1.807) is 53.8 Å². The molecular formula is C20H12Cl2N5+. The molecule has 0 radical (unpaired) electrons. The number of hydrogen-bond acceptors (Lipinski definition) is 4. The fourth-order valence-corrected chi connectivity index (χ4v) is 4.29. The summed E-state index contributed by atoms with van der Waals surface area (Å²) in [6.45, 7) is 0. The first-order valence-corrected chi connectivity index (χ1v) is 8.75. The molecule has 3 rings (SSSR count). The first kappa shape index (κ1) is 18.7. The Kier molecular flexibility index (Phi) is 4.80. The summed E-state index contributed by atoms with van der Waals surface area (Å²) in [5.41, 5.74) is -2.84. The van der Waals surface area contributed by atoms with Gasteiger partial charge in [0, 0.05) is 21.2 Å². The van der Waals surface area contributed by atoms with Gasteiger partial charge in [-0.1, -0.05) is 59.6 Å². The molecule has 2 N–H and O–H groups in total. The van der Waals surface area contributed by atoms with Gasteiger partial charge in [0.2, 0.25) is 10.8 Å². The zero-order valence-corrected chi connectivity index (χ0v) is 15.4. The normalized spacial score (nSPS) is 22.0. The molecule has 130 valence electrons. The van der Waals surface area contributed by atoms with E-state index in [0.717, 1.165) is 0 Å². The number of nitrogens with zero attached hydrogens (tertiary/aromatic N) is 4. The molecular weight excluding hydrogens is 381 g/mol. The van der Waals surface area contributed by atoms with Crippen LogP contribution in [0.25, 0.3) is 0 Å². The van der Waals surface area contributed by atoms with Crippen LogP contribution in [0.5, 0.6) is 0 Å². The highest BCUT2D eigenvalue weighted by Gasteiger charge is 2.73. The summed E-state index contributed by atoms with van der Waals surface area (Å²) in [4.78, 5) is 0. The van der Waals surface area contributed by atoms with E-state index in [1.807, 2.05) is 24.3 Å². The van der Waals surface area contributed by atoms with E-state index in [-0.39, 0.29) is 0 Å². The quantitative estimate of drug-likeness (QED) is 0.842. The number of hydrogen-bond donors (Lipinski definition) is 1. The van der Waals surface area contributed by atoms with Crippen LogP contribution in [-0.4, -0.2) is 0 Å². The lowest BCUT2D eigenvalue weighted by Gasteiger charge is -2.26. The maximum absolute atomic E-state index is 10.0. The molecule has 0 saturated carbocycles. The van der Waals surface area contributed by atoms with Gasteiger partial charge in [0.05, 0.1) is 24.3 Å². The maximum Gasteiger partial charge on any atom is 0.236 e. The maximum atomic E-state index is 10.0. The Balaban J connectivity index is 2.34. The zero-order chi connectivity index (χ0) is 19.7. The first-order valence-electron chi connectivity index (χ1n) is 8.00. The summed E-state index contributed by atoms with van der Waals surface area (Å²) in [6.07, 6.45) is 0. The van der Waals surface area contributed by atoms with Crippen LogP contribution < -0.4 is 5.32 Å². The lowest BCUT2D eigenvalue weighted by molar-refractivity contribution is -0.720. The molecule has 0 aliphatic carbocycles. The minimum Gasteiger partial charge on any atom is -0.329 e. The molecule has 0 amide bonds. The van der Waals surface area contributed by atoms with Gasteiger partial charge in [0.15, 0.2) is 0 Å². The molecule has 1 aliphatic rings. The van der Waals surface area contributed by atoms with Gasteiger partial charge >= 0.3 is 0 Å². The lowest BCUT2D eigenvalue weighted by atomic mass is 9.61. The molecule has 0 spiro atoms. The monoisotopic (exact) mass is 392 g/mol. The Morgan fingerprint density at radius 2 is 1.00 bits per heavy atom. The van der Waals surface area contributed by atoms with E-state index in [9.17, 15) is 21.0 Å². The average Bonchev–Trinajstić information content (AvgIpc) is 2.99. The van der Waals surface area contributed by atoms with E-state index in [1.165, 1.54) is 0 Å². The molecule has 0 bridgehead atoms. The van der Waals surface area contributed by atoms with Crippen LogP contribution >= 0.6 is 23.2 Å². The lowest BCUT2D eigenvalue weighted by Crippen LogP contribution is -2.84. The van der Waals surface area contributed by atoms with Crippen molar-refractivity contribution in [3.63, 3.8) is 0 Å². The molecule has 27 heavy (non-hydrogen) atoms. The SMILES string of the molecule is N#CC1(C#N)[C@@H](c2ccccc2Cl)[NH2+][C@@H](c2ccccc2Cl)C1(C#N)C#N. The molecule has 2 aromatic carbocycles. The Morgan fingerprint density at radius 3 is 1.30 bits per heavy atom. The van der Waals surface area contributed by atoms with Gasteiger partial charge in [-0.2, -0.15) is 21.0 Å². The Hall–Kier alpha value is -3.06. The number of nitriles is 4. The second-order valence-corrected chi connectivity index (χ2v) is 7.07. The van der Waals surface area contributed by atoms with Gasteiger partial charge in [-0.3, -0.25) is 0 Å². The summed E-state index contributed by atoms with van der Waals surface area (Å²) < 4.78 is 0. The number of benzene rings is 2. The van der Waals surface area contributed by atoms with Crippen molar-refractivity contribution >= 4 is 23.2 Å². The minimum absolute atomic E-state index is 0.359. The molecule has 1 fully saturated rings. The standard InChI is InChI=1S/C20H11Cl2N5/c21-15-7-3-1-5-13(15)17-19(9-23,10-24)20(11-25,12-26)18(27-17)14-6-2-4-8-16(14)22/h1-8,17-18,27H/p+1/t17-,18+. The third-order valence-corrected chi connectivity index (χ3v) is 5.81. The fourth-order valence-electron chi connectivity index (χ4n) is 3.78. The Morgan fingerprint density at radius 1 is 0.667 bits per heavy atom. The predicted octanol–water partition coefficient (Wildman–Crippen LogP) is 3.42.